The Morgan fingerprint density at radius 1 is 0.963 bits per heavy atom. The van der Waals surface area contributed by atoms with Gasteiger partial charge in [-0.05, 0) is 48.5 Å². The van der Waals surface area contributed by atoms with E-state index >= 15 is 0 Å². The zero-order chi connectivity index (χ0) is 18.8. The lowest BCUT2D eigenvalue weighted by Crippen LogP contribution is -2.25. The summed E-state index contributed by atoms with van der Waals surface area (Å²) in [6.07, 6.45) is 1.55. The molecule has 4 aromatic rings. The molecule has 0 N–H and O–H groups in total. The molecule has 0 saturated heterocycles. The van der Waals surface area contributed by atoms with Crippen LogP contribution in [0.3, 0.4) is 0 Å². The molecule has 0 aliphatic carbocycles. The quantitative estimate of drug-likeness (QED) is 0.469. The van der Waals surface area contributed by atoms with E-state index in [0.717, 1.165) is 4.47 Å². The summed E-state index contributed by atoms with van der Waals surface area (Å²) in [5, 5.41) is 0.509. The number of Topliss-reactive ketones (excluding diaryl/α,β-unsaturated/α-hetero) is 1. The Morgan fingerprint density at radius 3 is 2.44 bits per heavy atom. The molecule has 2 aromatic heterocycles. The Labute approximate surface area is 163 Å². The second-order valence-corrected chi connectivity index (χ2v) is 6.89. The van der Waals surface area contributed by atoms with Gasteiger partial charge in [0.1, 0.15) is 11.5 Å². The topological polar surface area (TPSA) is 64.8 Å². The molecule has 0 atom stereocenters. The van der Waals surface area contributed by atoms with Crippen LogP contribution in [0.2, 0.25) is 0 Å². The number of halogens is 1. The molecule has 0 fully saturated rings. The van der Waals surface area contributed by atoms with E-state index in [1.807, 2.05) is 30.3 Å². The van der Waals surface area contributed by atoms with Crippen molar-refractivity contribution in [2.75, 3.05) is 0 Å². The molecule has 0 radical (unpaired) electrons. The highest BCUT2D eigenvalue weighted by molar-refractivity contribution is 9.10. The second-order valence-electron chi connectivity index (χ2n) is 5.98. The van der Waals surface area contributed by atoms with Crippen molar-refractivity contribution in [3.8, 4) is 5.69 Å². The van der Waals surface area contributed by atoms with Crippen LogP contribution in [0.1, 0.15) is 16.3 Å². The van der Waals surface area contributed by atoms with Gasteiger partial charge in [0.05, 0.1) is 23.0 Å². The first-order valence-corrected chi connectivity index (χ1v) is 9.13. The first kappa shape index (κ1) is 17.3. The Hall–Kier alpha value is -3.12. The molecule has 0 aliphatic rings. The molecule has 5 nitrogen and oxygen atoms in total. The molecule has 0 saturated carbocycles. The summed E-state index contributed by atoms with van der Waals surface area (Å²) in [5.74, 6) is 0.195. The molecule has 2 heterocycles. The lowest BCUT2D eigenvalue weighted by molar-refractivity contribution is 0.0985. The monoisotopic (exact) mass is 419 g/mol. The first-order chi connectivity index (χ1) is 13.1. The van der Waals surface area contributed by atoms with Crippen molar-refractivity contribution in [1.29, 1.82) is 0 Å². The maximum Gasteiger partial charge on any atom is 0.265 e. The average molecular weight is 420 g/mol. The highest BCUT2D eigenvalue weighted by atomic mass is 79.9. The summed E-state index contributed by atoms with van der Waals surface area (Å²) in [5.41, 5.74) is 1.37. The van der Waals surface area contributed by atoms with Crippen LogP contribution in [0.15, 0.2) is 82.2 Å². The summed E-state index contributed by atoms with van der Waals surface area (Å²) in [6.45, 7) is 0. The van der Waals surface area contributed by atoms with Gasteiger partial charge in [-0.25, -0.2) is 4.98 Å². The largest absolute Gasteiger partial charge is 0.292 e. The fraction of sp³-hybridized carbons (Fsp3) is 0.0476. The number of benzene rings is 2. The minimum absolute atomic E-state index is 0.0207. The van der Waals surface area contributed by atoms with Gasteiger partial charge in [-0.3, -0.25) is 19.1 Å². The predicted octanol–water partition coefficient (Wildman–Crippen LogP) is 3.97. The van der Waals surface area contributed by atoms with Gasteiger partial charge in [-0.15, -0.1) is 0 Å². The number of para-hydroxylation sites is 1. The van der Waals surface area contributed by atoms with E-state index < -0.39 is 0 Å². The Morgan fingerprint density at radius 2 is 1.70 bits per heavy atom. The van der Waals surface area contributed by atoms with Gasteiger partial charge in [0.25, 0.3) is 5.56 Å². The van der Waals surface area contributed by atoms with E-state index in [0.29, 0.717) is 28.1 Å². The molecule has 0 aliphatic heterocycles. The predicted molar refractivity (Wildman–Crippen MR) is 107 cm³/mol. The molecule has 132 valence electrons. The maximum absolute atomic E-state index is 13.1. The van der Waals surface area contributed by atoms with Crippen molar-refractivity contribution < 1.29 is 4.79 Å². The molecule has 27 heavy (non-hydrogen) atoms. The van der Waals surface area contributed by atoms with Crippen LogP contribution in [-0.2, 0) is 6.42 Å². The summed E-state index contributed by atoms with van der Waals surface area (Å²) in [7, 11) is 0. The number of hydrogen-bond acceptors (Lipinski definition) is 4. The number of fused-ring (bicyclic) bond motifs is 1. The molecule has 4 rings (SSSR count). The third-order valence-electron chi connectivity index (χ3n) is 4.20. The number of pyridine rings is 1. The van der Waals surface area contributed by atoms with Crippen LogP contribution >= 0.6 is 15.9 Å². The van der Waals surface area contributed by atoms with Crippen molar-refractivity contribution >= 4 is 32.6 Å². The second kappa shape index (κ2) is 7.25. The minimum Gasteiger partial charge on any atom is -0.292 e. The summed E-state index contributed by atoms with van der Waals surface area (Å²) in [4.78, 5) is 34.5. The van der Waals surface area contributed by atoms with Gasteiger partial charge in [0.15, 0.2) is 5.78 Å². The molecule has 0 bridgehead atoms. The smallest absolute Gasteiger partial charge is 0.265 e. The number of carbonyl (C=O) groups excluding carboxylic acids is 1. The SMILES string of the molecule is O=C(Cc1nc2ccccc2c(=O)n1-c1ccc(Br)cc1)c1ccccn1. The van der Waals surface area contributed by atoms with Crippen LogP contribution in [-0.4, -0.2) is 20.3 Å². The Bertz CT molecular complexity index is 1190. The molecular weight excluding hydrogens is 406 g/mol. The van der Waals surface area contributed by atoms with Crippen molar-refractivity contribution in [3.63, 3.8) is 0 Å². The molecular formula is C21H14BrN3O2. The number of aromatic nitrogens is 3. The van der Waals surface area contributed by atoms with Crippen LogP contribution in [0.4, 0.5) is 0 Å². The average Bonchev–Trinajstić information content (AvgIpc) is 2.70. The lowest BCUT2D eigenvalue weighted by Gasteiger charge is -2.13. The summed E-state index contributed by atoms with van der Waals surface area (Å²) < 4.78 is 2.40. The minimum atomic E-state index is -0.202. The summed E-state index contributed by atoms with van der Waals surface area (Å²) >= 11 is 3.40. The molecule has 0 spiro atoms. The number of carbonyl (C=O) groups is 1. The fourth-order valence-electron chi connectivity index (χ4n) is 2.92. The van der Waals surface area contributed by atoms with E-state index in [4.69, 9.17) is 0 Å². The van der Waals surface area contributed by atoms with Gasteiger partial charge in [0.2, 0.25) is 0 Å². The van der Waals surface area contributed by atoms with Crippen LogP contribution in [0.5, 0.6) is 0 Å². The maximum atomic E-state index is 13.1. The van der Waals surface area contributed by atoms with E-state index in [1.54, 1.807) is 42.6 Å². The van der Waals surface area contributed by atoms with Gasteiger partial charge < -0.3 is 0 Å². The third kappa shape index (κ3) is 3.44. The molecule has 0 unspecified atom stereocenters. The van der Waals surface area contributed by atoms with Crippen molar-refractivity contribution in [2.45, 2.75) is 6.42 Å². The van der Waals surface area contributed by atoms with Gasteiger partial charge >= 0.3 is 0 Å². The Balaban J connectivity index is 1.90. The van der Waals surface area contributed by atoms with Crippen LogP contribution in [0.25, 0.3) is 16.6 Å². The molecule has 0 amide bonds. The molecule has 6 heteroatoms. The lowest BCUT2D eigenvalue weighted by atomic mass is 10.1. The van der Waals surface area contributed by atoms with Gasteiger partial charge in [-0.2, -0.15) is 0 Å². The molecule has 2 aromatic carbocycles. The first-order valence-electron chi connectivity index (χ1n) is 8.34. The fourth-order valence-corrected chi connectivity index (χ4v) is 3.18. The normalized spacial score (nSPS) is 10.9. The number of nitrogens with zero attached hydrogens (tertiary/aromatic N) is 3. The third-order valence-corrected chi connectivity index (χ3v) is 4.73. The van der Waals surface area contributed by atoms with Crippen molar-refractivity contribution in [2.24, 2.45) is 0 Å². The standard InChI is InChI=1S/C21H14BrN3O2/c22-14-8-10-15(11-9-14)25-20(13-19(26)18-7-3-4-12-23-18)24-17-6-2-1-5-16(17)21(25)27/h1-12H,13H2. The van der Waals surface area contributed by atoms with Gasteiger partial charge in [0, 0.05) is 10.7 Å². The van der Waals surface area contributed by atoms with Crippen molar-refractivity contribution in [1.82, 2.24) is 14.5 Å². The highest BCUT2D eigenvalue weighted by Crippen LogP contribution is 2.17. The zero-order valence-corrected chi connectivity index (χ0v) is 15.8. The zero-order valence-electron chi connectivity index (χ0n) is 14.2. The van der Waals surface area contributed by atoms with Crippen molar-refractivity contribution in [3.05, 3.63) is 99.3 Å². The van der Waals surface area contributed by atoms with E-state index in [9.17, 15) is 9.59 Å². The Kier molecular flexibility index (Phi) is 4.64. The van der Waals surface area contributed by atoms with E-state index in [-0.39, 0.29) is 17.8 Å². The van der Waals surface area contributed by atoms with E-state index in [1.165, 1.54) is 4.57 Å². The highest BCUT2D eigenvalue weighted by Gasteiger charge is 2.17. The summed E-state index contributed by atoms with van der Waals surface area (Å²) in [6, 6.07) is 19.6. The van der Waals surface area contributed by atoms with Crippen LogP contribution in [0, 0.1) is 0 Å². The van der Waals surface area contributed by atoms with E-state index in [2.05, 4.69) is 25.9 Å². The van der Waals surface area contributed by atoms with Crippen LogP contribution < -0.4 is 5.56 Å². The van der Waals surface area contributed by atoms with Gasteiger partial charge in [-0.1, -0.05) is 34.1 Å². The number of hydrogen-bond donors (Lipinski definition) is 0. The number of rotatable bonds is 4. The number of ketones is 1.